The number of ether oxygens (including phenoxy) is 1. The van der Waals surface area contributed by atoms with E-state index in [0.29, 0.717) is 12.0 Å². The molecule has 25 heavy (non-hydrogen) atoms. The molecule has 7 heteroatoms. The monoisotopic (exact) mass is 362 g/mol. The van der Waals surface area contributed by atoms with E-state index in [1.165, 1.54) is 12.1 Å². The van der Waals surface area contributed by atoms with Gasteiger partial charge in [0.05, 0.1) is 12.0 Å². The second kappa shape index (κ2) is 6.85. The van der Waals surface area contributed by atoms with E-state index in [-0.39, 0.29) is 11.4 Å². The summed E-state index contributed by atoms with van der Waals surface area (Å²) < 4.78 is 45.7. The first-order chi connectivity index (χ1) is 11.9. The third kappa shape index (κ3) is 3.67. The highest BCUT2D eigenvalue weighted by Crippen LogP contribution is 2.24. The van der Waals surface area contributed by atoms with Crippen LogP contribution in [-0.2, 0) is 16.4 Å². The molecular formula is C18H19FN2O3S. The molecule has 0 aliphatic carbocycles. The Hall–Kier alpha value is -2.38. The number of nitrogens with one attached hydrogen (secondary N) is 2. The lowest BCUT2D eigenvalue weighted by Gasteiger charge is -2.09. The molecule has 0 unspecified atom stereocenters. The maximum absolute atomic E-state index is 13.2. The molecular weight excluding hydrogens is 343 g/mol. The smallest absolute Gasteiger partial charge is 0.240 e. The summed E-state index contributed by atoms with van der Waals surface area (Å²) in [4.78, 5) is 3.25. The Morgan fingerprint density at radius 1 is 1.20 bits per heavy atom. The van der Waals surface area contributed by atoms with Crippen molar-refractivity contribution in [3.63, 3.8) is 0 Å². The second-order valence-electron chi connectivity index (χ2n) is 5.78. The molecule has 0 spiro atoms. The van der Waals surface area contributed by atoms with Crippen LogP contribution in [0.5, 0.6) is 5.75 Å². The Kier molecular flexibility index (Phi) is 4.78. The van der Waals surface area contributed by atoms with E-state index in [1.54, 1.807) is 14.0 Å². The summed E-state index contributed by atoms with van der Waals surface area (Å²) in [6.45, 7) is 1.81. The summed E-state index contributed by atoms with van der Waals surface area (Å²) in [7, 11) is -2.07. The van der Waals surface area contributed by atoms with Crippen molar-refractivity contribution in [2.24, 2.45) is 0 Å². The van der Waals surface area contributed by atoms with Gasteiger partial charge in [-0.25, -0.2) is 17.5 Å². The standard InChI is InChI=1S/C18H19FN2O3S/c1-12-9-14(19)3-6-18(12)25(22,23)21-8-7-13-11-20-17-5-4-15(24-2)10-16(13)17/h3-6,9-11,20-21H,7-8H2,1-2H3. The van der Waals surface area contributed by atoms with E-state index in [1.807, 2.05) is 24.4 Å². The lowest BCUT2D eigenvalue weighted by atomic mass is 10.1. The fourth-order valence-corrected chi connectivity index (χ4v) is 4.06. The molecule has 0 aliphatic rings. The van der Waals surface area contributed by atoms with Crippen LogP contribution >= 0.6 is 0 Å². The minimum atomic E-state index is -3.68. The zero-order valence-corrected chi connectivity index (χ0v) is 14.8. The van der Waals surface area contributed by atoms with E-state index in [9.17, 15) is 12.8 Å². The first-order valence-electron chi connectivity index (χ1n) is 7.80. The second-order valence-corrected chi connectivity index (χ2v) is 7.52. The predicted molar refractivity (Wildman–Crippen MR) is 94.9 cm³/mol. The highest BCUT2D eigenvalue weighted by molar-refractivity contribution is 7.89. The number of aromatic amines is 1. The molecule has 3 aromatic rings. The highest BCUT2D eigenvalue weighted by atomic mass is 32.2. The van der Waals surface area contributed by atoms with E-state index >= 15 is 0 Å². The van der Waals surface area contributed by atoms with E-state index in [2.05, 4.69) is 9.71 Å². The van der Waals surface area contributed by atoms with Crippen molar-refractivity contribution < 1.29 is 17.5 Å². The Morgan fingerprint density at radius 3 is 2.72 bits per heavy atom. The van der Waals surface area contributed by atoms with Gasteiger partial charge in [-0.15, -0.1) is 0 Å². The molecule has 132 valence electrons. The maximum Gasteiger partial charge on any atom is 0.240 e. The summed E-state index contributed by atoms with van der Waals surface area (Å²) in [6, 6.07) is 9.34. The third-order valence-electron chi connectivity index (χ3n) is 4.09. The molecule has 2 aromatic carbocycles. The number of aryl methyl sites for hydroxylation is 1. The van der Waals surface area contributed by atoms with Crippen LogP contribution in [0.1, 0.15) is 11.1 Å². The number of methoxy groups -OCH3 is 1. The number of hydrogen-bond acceptors (Lipinski definition) is 3. The van der Waals surface area contributed by atoms with Gasteiger partial charge in [0, 0.05) is 23.6 Å². The predicted octanol–water partition coefficient (Wildman–Crippen LogP) is 3.15. The minimum absolute atomic E-state index is 0.0921. The average molecular weight is 362 g/mol. The molecule has 5 nitrogen and oxygen atoms in total. The molecule has 0 fully saturated rings. The zero-order chi connectivity index (χ0) is 18.0. The molecule has 0 aliphatic heterocycles. The molecule has 1 aromatic heterocycles. The van der Waals surface area contributed by atoms with Gasteiger partial charge in [-0.3, -0.25) is 0 Å². The molecule has 3 rings (SSSR count). The lowest BCUT2D eigenvalue weighted by Crippen LogP contribution is -2.26. The number of fused-ring (bicyclic) bond motifs is 1. The van der Waals surface area contributed by atoms with Crippen LogP contribution in [-0.4, -0.2) is 27.1 Å². The fourth-order valence-electron chi connectivity index (χ4n) is 2.80. The molecule has 0 atom stereocenters. The third-order valence-corrected chi connectivity index (χ3v) is 5.71. The maximum atomic E-state index is 13.2. The normalized spacial score (nSPS) is 11.8. The van der Waals surface area contributed by atoms with Crippen molar-refractivity contribution in [3.05, 3.63) is 59.5 Å². The summed E-state index contributed by atoms with van der Waals surface area (Å²) in [5, 5.41) is 0.997. The van der Waals surface area contributed by atoms with Gasteiger partial charge in [-0.05, 0) is 60.9 Å². The minimum Gasteiger partial charge on any atom is -0.497 e. The van der Waals surface area contributed by atoms with Crippen molar-refractivity contribution in [1.29, 1.82) is 0 Å². The summed E-state index contributed by atoms with van der Waals surface area (Å²) in [6.07, 6.45) is 2.38. The molecule has 2 N–H and O–H groups in total. The van der Waals surface area contributed by atoms with Crippen LogP contribution in [0.15, 0.2) is 47.5 Å². The Balaban J connectivity index is 1.74. The Labute approximate surface area is 145 Å². The van der Waals surface area contributed by atoms with Gasteiger partial charge in [0.2, 0.25) is 10.0 Å². The Morgan fingerprint density at radius 2 is 2.00 bits per heavy atom. The van der Waals surface area contributed by atoms with Crippen LogP contribution < -0.4 is 9.46 Å². The van der Waals surface area contributed by atoms with Crippen LogP contribution in [0.2, 0.25) is 0 Å². The summed E-state index contributed by atoms with van der Waals surface area (Å²) in [5.41, 5.74) is 2.34. The SMILES string of the molecule is COc1ccc2[nH]cc(CCNS(=O)(=O)c3ccc(F)cc3C)c2c1. The number of hydrogen-bond donors (Lipinski definition) is 2. The Bertz CT molecular complexity index is 1010. The first kappa shape index (κ1) is 17.4. The van der Waals surface area contributed by atoms with Gasteiger partial charge in [0.25, 0.3) is 0 Å². The molecule has 1 heterocycles. The van der Waals surface area contributed by atoms with Gasteiger partial charge in [0.15, 0.2) is 0 Å². The van der Waals surface area contributed by atoms with Gasteiger partial charge < -0.3 is 9.72 Å². The fraction of sp³-hybridized carbons (Fsp3) is 0.222. The quantitative estimate of drug-likeness (QED) is 0.708. The molecule has 0 saturated heterocycles. The van der Waals surface area contributed by atoms with Gasteiger partial charge in [-0.1, -0.05) is 0 Å². The molecule has 0 bridgehead atoms. The number of H-pyrrole nitrogens is 1. The van der Waals surface area contributed by atoms with Gasteiger partial charge in [0.1, 0.15) is 11.6 Å². The van der Waals surface area contributed by atoms with E-state index in [4.69, 9.17) is 4.74 Å². The number of halogens is 1. The van der Waals surface area contributed by atoms with E-state index < -0.39 is 15.8 Å². The van der Waals surface area contributed by atoms with Crippen LogP contribution in [0, 0.1) is 12.7 Å². The van der Waals surface area contributed by atoms with Gasteiger partial charge in [-0.2, -0.15) is 0 Å². The average Bonchev–Trinajstić information content (AvgIpc) is 2.96. The summed E-state index contributed by atoms with van der Waals surface area (Å²) >= 11 is 0. The number of rotatable bonds is 6. The van der Waals surface area contributed by atoms with Crippen molar-refractivity contribution in [1.82, 2.24) is 9.71 Å². The van der Waals surface area contributed by atoms with Crippen LogP contribution in [0.3, 0.4) is 0 Å². The largest absolute Gasteiger partial charge is 0.497 e. The van der Waals surface area contributed by atoms with Crippen LogP contribution in [0.4, 0.5) is 4.39 Å². The van der Waals surface area contributed by atoms with Crippen LogP contribution in [0.25, 0.3) is 10.9 Å². The highest BCUT2D eigenvalue weighted by Gasteiger charge is 2.17. The van der Waals surface area contributed by atoms with Crippen molar-refractivity contribution in [2.75, 3.05) is 13.7 Å². The molecule has 0 radical (unpaired) electrons. The number of benzene rings is 2. The zero-order valence-electron chi connectivity index (χ0n) is 14.0. The first-order valence-corrected chi connectivity index (χ1v) is 9.29. The lowest BCUT2D eigenvalue weighted by molar-refractivity contribution is 0.415. The molecule has 0 amide bonds. The topological polar surface area (TPSA) is 71.2 Å². The van der Waals surface area contributed by atoms with E-state index in [0.717, 1.165) is 28.3 Å². The number of sulfonamides is 1. The number of aromatic nitrogens is 1. The van der Waals surface area contributed by atoms with Gasteiger partial charge >= 0.3 is 0 Å². The van der Waals surface area contributed by atoms with Crippen molar-refractivity contribution in [2.45, 2.75) is 18.2 Å². The summed E-state index contributed by atoms with van der Waals surface area (Å²) in [5.74, 6) is 0.292. The molecule has 0 saturated carbocycles. The van der Waals surface area contributed by atoms with Crippen molar-refractivity contribution in [3.8, 4) is 5.75 Å². The van der Waals surface area contributed by atoms with Crippen molar-refractivity contribution >= 4 is 20.9 Å².